The number of nitrogens with zero attached hydrogens (tertiary/aromatic N) is 3. The van der Waals surface area contributed by atoms with Crippen molar-refractivity contribution in [2.45, 2.75) is 27.0 Å². The molecule has 0 fully saturated rings. The molecule has 1 heterocycles. The number of aryl methyl sites for hydroxylation is 1. The van der Waals surface area contributed by atoms with Gasteiger partial charge in [0.2, 0.25) is 0 Å². The van der Waals surface area contributed by atoms with Crippen LogP contribution in [0.15, 0.2) is 48.5 Å². The van der Waals surface area contributed by atoms with Crippen LogP contribution in [0.25, 0.3) is 0 Å². The molecule has 0 aliphatic carbocycles. The minimum absolute atomic E-state index is 0.0179. The molecule has 0 unspecified atom stereocenters. The van der Waals surface area contributed by atoms with Crippen LogP contribution in [0.4, 0.5) is 20.2 Å². The van der Waals surface area contributed by atoms with Crippen LogP contribution in [-0.2, 0) is 6.54 Å². The van der Waals surface area contributed by atoms with E-state index < -0.39 is 17.4 Å². The number of aromatic nitrogens is 2. The van der Waals surface area contributed by atoms with Crippen LogP contribution < -0.4 is 10.1 Å². The van der Waals surface area contributed by atoms with Gasteiger partial charge in [-0.2, -0.15) is 13.9 Å². The maximum Gasteiger partial charge on any atom is 0.387 e. The Labute approximate surface area is 170 Å². The van der Waals surface area contributed by atoms with Gasteiger partial charge in [-0.1, -0.05) is 24.3 Å². The summed E-state index contributed by atoms with van der Waals surface area (Å²) < 4.78 is 30.9. The lowest BCUT2D eigenvalue weighted by Gasteiger charge is -2.12. The summed E-state index contributed by atoms with van der Waals surface area (Å²) in [5, 5.41) is 17.9. The summed E-state index contributed by atoms with van der Waals surface area (Å²) >= 11 is 0. The Morgan fingerprint density at radius 1 is 1.20 bits per heavy atom. The maximum atomic E-state index is 12.5. The van der Waals surface area contributed by atoms with E-state index >= 15 is 0 Å². The third-order valence-corrected chi connectivity index (χ3v) is 4.43. The molecule has 0 atom stereocenters. The van der Waals surface area contributed by atoms with Crippen molar-refractivity contribution in [1.82, 2.24) is 9.78 Å². The average Bonchev–Trinajstić information content (AvgIpc) is 2.96. The van der Waals surface area contributed by atoms with E-state index in [2.05, 4.69) is 15.2 Å². The highest BCUT2D eigenvalue weighted by molar-refractivity contribution is 6.05. The summed E-state index contributed by atoms with van der Waals surface area (Å²) in [4.78, 5) is 23.1. The summed E-state index contributed by atoms with van der Waals surface area (Å²) in [5.41, 5.74) is 1.98. The van der Waals surface area contributed by atoms with Crippen LogP contribution in [-0.4, -0.2) is 27.2 Å². The van der Waals surface area contributed by atoms with Gasteiger partial charge >= 0.3 is 12.3 Å². The van der Waals surface area contributed by atoms with Gasteiger partial charge in [0.05, 0.1) is 17.2 Å². The van der Waals surface area contributed by atoms with Crippen molar-refractivity contribution >= 4 is 17.3 Å². The van der Waals surface area contributed by atoms with Crippen LogP contribution >= 0.6 is 0 Å². The lowest BCUT2D eigenvalue weighted by Crippen LogP contribution is -2.14. The molecule has 3 aromatic rings. The van der Waals surface area contributed by atoms with Gasteiger partial charge in [0.25, 0.3) is 5.91 Å². The van der Waals surface area contributed by atoms with Gasteiger partial charge in [-0.15, -0.1) is 0 Å². The first-order valence-corrected chi connectivity index (χ1v) is 8.88. The number of para-hydroxylation sites is 2. The molecule has 0 radical (unpaired) electrons. The SMILES string of the molecule is Cc1nn(Cc2ccc(C(=O)Nc3ccccc3OC(F)F)cc2)c(C)c1[N+](=O)[O-]. The Kier molecular flexibility index (Phi) is 6.05. The summed E-state index contributed by atoms with van der Waals surface area (Å²) in [6.07, 6.45) is 0. The molecule has 1 N–H and O–H groups in total. The monoisotopic (exact) mass is 416 g/mol. The van der Waals surface area contributed by atoms with Crippen LogP contribution in [0.1, 0.15) is 27.3 Å². The first-order chi connectivity index (χ1) is 14.3. The minimum Gasteiger partial charge on any atom is -0.433 e. The number of nitro groups is 1. The Balaban J connectivity index is 1.73. The second kappa shape index (κ2) is 8.68. The van der Waals surface area contributed by atoms with Crippen molar-refractivity contribution in [3.05, 3.63) is 81.2 Å². The summed E-state index contributed by atoms with van der Waals surface area (Å²) in [6, 6.07) is 12.4. The largest absolute Gasteiger partial charge is 0.433 e. The number of hydrogen-bond acceptors (Lipinski definition) is 5. The number of amides is 1. The fraction of sp³-hybridized carbons (Fsp3) is 0.200. The first-order valence-electron chi connectivity index (χ1n) is 8.88. The molecule has 156 valence electrons. The van der Waals surface area contributed by atoms with Gasteiger partial charge in [-0.05, 0) is 43.7 Å². The van der Waals surface area contributed by atoms with E-state index in [1.165, 1.54) is 22.9 Å². The number of carbonyl (C=O) groups is 1. The highest BCUT2D eigenvalue weighted by atomic mass is 19.3. The molecule has 1 aromatic heterocycles. The van der Waals surface area contributed by atoms with E-state index in [1.54, 1.807) is 44.2 Å². The Hall–Kier alpha value is -3.82. The molecule has 8 nitrogen and oxygen atoms in total. The second-order valence-corrected chi connectivity index (χ2v) is 6.46. The van der Waals surface area contributed by atoms with E-state index in [-0.39, 0.29) is 17.1 Å². The van der Waals surface area contributed by atoms with E-state index in [1.807, 2.05) is 0 Å². The highest BCUT2D eigenvalue weighted by Crippen LogP contribution is 2.26. The number of nitrogens with one attached hydrogen (secondary N) is 1. The third-order valence-electron chi connectivity index (χ3n) is 4.43. The first kappa shape index (κ1) is 20.9. The number of anilines is 1. The molecule has 0 saturated carbocycles. The number of carbonyl (C=O) groups excluding carboxylic acids is 1. The van der Waals surface area contributed by atoms with Crippen molar-refractivity contribution < 1.29 is 23.2 Å². The zero-order valence-corrected chi connectivity index (χ0v) is 16.1. The van der Waals surface area contributed by atoms with Crippen LogP contribution in [0.3, 0.4) is 0 Å². The molecule has 10 heteroatoms. The van der Waals surface area contributed by atoms with Crippen molar-refractivity contribution in [3.8, 4) is 5.75 Å². The zero-order valence-electron chi connectivity index (χ0n) is 16.1. The fourth-order valence-electron chi connectivity index (χ4n) is 3.00. The van der Waals surface area contributed by atoms with E-state index in [0.717, 1.165) is 5.56 Å². The Bertz CT molecular complexity index is 1080. The molecule has 30 heavy (non-hydrogen) atoms. The van der Waals surface area contributed by atoms with Crippen LogP contribution in [0.2, 0.25) is 0 Å². The summed E-state index contributed by atoms with van der Waals surface area (Å²) in [7, 11) is 0. The highest BCUT2D eigenvalue weighted by Gasteiger charge is 2.21. The fourth-order valence-corrected chi connectivity index (χ4v) is 3.00. The normalized spacial score (nSPS) is 10.8. The molecular formula is C20H18F2N4O4. The lowest BCUT2D eigenvalue weighted by atomic mass is 10.1. The Morgan fingerprint density at radius 2 is 1.87 bits per heavy atom. The van der Waals surface area contributed by atoms with Crippen LogP contribution in [0.5, 0.6) is 5.75 Å². The average molecular weight is 416 g/mol. The number of benzene rings is 2. The zero-order chi connectivity index (χ0) is 21.8. The molecule has 0 spiro atoms. The van der Waals surface area contributed by atoms with E-state index in [9.17, 15) is 23.7 Å². The maximum absolute atomic E-state index is 12.5. The standard InChI is InChI=1S/C20H18F2N4O4/c1-12-18(26(28)29)13(2)25(24-12)11-14-7-9-15(10-8-14)19(27)23-16-5-3-4-6-17(16)30-20(21)22/h3-10,20H,11H2,1-2H3,(H,23,27). The van der Waals surface area contributed by atoms with E-state index in [0.29, 0.717) is 23.5 Å². The molecule has 0 bridgehead atoms. The van der Waals surface area contributed by atoms with Crippen LogP contribution in [0, 0.1) is 24.0 Å². The van der Waals surface area contributed by atoms with Gasteiger partial charge in [0.15, 0.2) is 0 Å². The minimum atomic E-state index is -3.01. The third kappa shape index (κ3) is 4.59. The quantitative estimate of drug-likeness (QED) is 0.457. The number of ether oxygens (including phenoxy) is 1. The predicted octanol–water partition coefficient (Wildman–Crippen LogP) is 4.31. The molecular weight excluding hydrogens is 398 g/mol. The van der Waals surface area contributed by atoms with Crippen molar-refractivity contribution in [3.63, 3.8) is 0 Å². The number of alkyl halides is 2. The molecule has 0 saturated heterocycles. The van der Waals surface area contributed by atoms with Crippen molar-refractivity contribution in [2.24, 2.45) is 0 Å². The van der Waals surface area contributed by atoms with Gasteiger partial charge in [0.1, 0.15) is 17.1 Å². The Morgan fingerprint density at radius 3 is 2.47 bits per heavy atom. The predicted molar refractivity (Wildman–Crippen MR) is 105 cm³/mol. The number of hydrogen-bond donors (Lipinski definition) is 1. The molecule has 2 aromatic carbocycles. The molecule has 1 amide bonds. The molecule has 3 rings (SSSR count). The molecule has 0 aliphatic rings. The van der Waals surface area contributed by atoms with Crippen molar-refractivity contribution in [2.75, 3.05) is 5.32 Å². The van der Waals surface area contributed by atoms with Gasteiger partial charge in [-0.3, -0.25) is 19.6 Å². The molecule has 0 aliphatic heterocycles. The van der Waals surface area contributed by atoms with Gasteiger partial charge in [-0.25, -0.2) is 0 Å². The lowest BCUT2D eigenvalue weighted by molar-refractivity contribution is -0.386. The van der Waals surface area contributed by atoms with Gasteiger partial charge in [0, 0.05) is 5.56 Å². The number of halogens is 2. The number of rotatable bonds is 7. The van der Waals surface area contributed by atoms with Gasteiger partial charge < -0.3 is 10.1 Å². The summed E-state index contributed by atoms with van der Waals surface area (Å²) in [6.45, 7) is 0.490. The smallest absolute Gasteiger partial charge is 0.387 e. The topological polar surface area (TPSA) is 99.3 Å². The second-order valence-electron chi connectivity index (χ2n) is 6.46. The van der Waals surface area contributed by atoms with E-state index in [4.69, 9.17) is 0 Å². The summed E-state index contributed by atoms with van der Waals surface area (Å²) in [5.74, 6) is -0.628. The van der Waals surface area contributed by atoms with Crippen molar-refractivity contribution in [1.29, 1.82) is 0 Å².